The first-order valence-electron chi connectivity index (χ1n) is 7.07. The summed E-state index contributed by atoms with van der Waals surface area (Å²) < 4.78 is 0. The Kier molecular flexibility index (Phi) is 3.74. The minimum atomic E-state index is -0.790. The number of carbonyl (C=O) groups is 2. The predicted molar refractivity (Wildman–Crippen MR) is 71.8 cm³/mol. The first kappa shape index (κ1) is 14.2. The van der Waals surface area contributed by atoms with E-state index in [1.165, 1.54) is 0 Å². The number of nitrogens with zero attached hydrogens (tertiary/aromatic N) is 2. The normalized spacial score (nSPS) is 30.5. The summed E-state index contributed by atoms with van der Waals surface area (Å²) in [6, 6.07) is 0.0170. The highest BCUT2D eigenvalue weighted by Gasteiger charge is 2.39. The summed E-state index contributed by atoms with van der Waals surface area (Å²) in [6.45, 7) is 8.75. The molecular weight excluding hydrogens is 244 g/mol. The number of rotatable bonds is 1. The second-order valence-electron chi connectivity index (χ2n) is 6.80. The molecule has 0 aromatic rings. The van der Waals surface area contributed by atoms with Crippen molar-refractivity contribution in [1.82, 2.24) is 9.80 Å². The molecule has 2 unspecified atom stereocenters. The minimum Gasteiger partial charge on any atom is -0.481 e. The Bertz CT molecular complexity index is 381. The van der Waals surface area contributed by atoms with E-state index in [1.54, 1.807) is 4.90 Å². The fourth-order valence-electron chi connectivity index (χ4n) is 3.23. The molecule has 2 rings (SSSR count). The molecule has 1 N–H and O–H groups in total. The fraction of sp³-hybridized carbons (Fsp3) is 0.857. The van der Waals surface area contributed by atoms with Crippen LogP contribution in [0.5, 0.6) is 0 Å². The highest BCUT2D eigenvalue weighted by molar-refractivity contribution is 5.78. The first-order chi connectivity index (χ1) is 8.80. The molecule has 0 radical (unpaired) electrons. The lowest BCUT2D eigenvalue weighted by Gasteiger charge is -2.39. The van der Waals surface area contributed by atoms with Crippen molar-refractivity contribution in [2.45, 2.75) is 33.6 Å². The molecule has 2 atom stereocenters. The Morgan fingerprint density at radius 3 is 2.42 bits per heavy atom. The third kappa shape index (κ3) is 3.01. The number of likely N-dealkylation sites (tertiary alicyclic amines) is 2. The smallest absolute Gasteiger partial charge is 0.320 e. The van der Waals surface area contributed by atoms with E-state index < -0.39 is 11.9 Å². The topological polar surface area (TPSA) is 60.9 Å². The van der Waals surface area contributed by atoms with Crippen LogP contribution in [-0.2, 0) is 4.79 Å². The second kappa shape index (κ2) is 5.02. The van der Waals surface area contributed by atoms with Crippen LogP contribution < -0.4 is 0 Å². The van der Waals surface area contributed by atoms with Gasteiger partial charge in [-0.1, -0.05) is 20.8 Å². The standard InChI is InChI=1S/C14H24N2O3/c1-10-7-16(8-11(10)12(17)18)13(19)15-6-4-5-14(2,3)9-15/h10-11H,4-9H2,1-3H3,(H,17,18). The molecule has 2 saturated heterocycles. The Balaban J connectivity index is 1.99. The third-order valence-electron chi connectivity index (χ3n) is 4.37. The number of carbonyl (C=O) groups excluding carboxylic acids is 1. The zero-order chi connectivity index (χ0) is 14.2. The lowest BCUT2D eigenvalue weighted by molar-refractivity contribution is -0.142. The van der Waals surface area contributed by atoms with Crippen molar-refractivity contribution in [2.24, 2.45) is 17.3 Å². The molecule has 0 aromatic carbocycles. The number of aliphatic carboxylic acids is 1. The summed E-state index contributed by atoms with van der Waals surface area (Å²) in [4.78, 5) is 27.2. The van der Waals surface area contributed by atoms with Crippen molar-refractivity contribution in [1.29, 1.82) is 0 Å². The van der Waals surface area contributed by atoms with E-state index in [0.29, 0.717) is 13.1 Å². The quantitative estimate of drug-likeness (QED) is 0.790. The molecule has 2 fully saturated rings. The van der Waals surface area contributed by atoms with Crippen LogP contribution in [0.1, 0.15) is 33.6 Å². The SMILES string of the molecule is CC1CN(C(=O)N2CCCC(C)(C)C2)CC1C(=O)O. The molecule has 5 heteroatoms. The van der Waals surface area contributed by atoms with E-state index in [2.05, 4.69) is 13.8 Å². The largest absolute Gasteiger partial charge is 0.481 e. The number of piperidine rings is 1. The second-order valence-corrected chi connectivity index (χ2v) is 6.80. The van der Waals surface area contributed by atoms with E-state index in [0.717, 1.165) is 25.9 Å². The summed E-state index contributed by atoms with van der Waals surface area (Å²) >= 11 is 0. The Labute approximate surface area is 114 Å². The maximum atomic E-state index is 12.5. The van der Waals surface area contributed by atoms with E-state index in [-0.39, 0.29) is 17.4 Å². The molecule has 0 spiro atoms. The van der Waals surface area contributed by atoms with Crippen molar-refractivity contribution in [3.8, 4) is 0 Å². The molecule has 5 nitrogen and oxygen atoms in total. The molecule has 0 bridgehead atoms. The third-order valence-corrected chi connectivity index (χ3v) is 4.37. The van der Waals surface area contributed by atoms with Gasteiger partial charge in [0, 0.05) is 26.2 Å². The van der Waals surface area contributed by atoms with Gasteiger partial charge in [-0.05, 0) is 24.2 Å². The van der Waals surface area contributed by atoms with E-state index in [4.69, 9.17) is 5.11 Å². The summed E-state index contributed by atoms with van der Waals surface area (Å²) in [5, 5.41) is 9.13. The van der Waals surface area contributed by atoms with Gasteiger partial charge >= 0.3 is 12.0 Å². The highest BCUT2D eigenvalue weighted by Crippen LogP contribution is 2.30. The van der Waals surface area contributed by atoms with E-state index in [9.17, 15) is 9.59 Å². The summed E-state index contributed by atoms with van der Waals surface area (Å²) in [5.41, 5.74) is 0.172. The average Bonchev–Trinajstić information content (AvgIpc) is 2.69. The molecule has 0 aliphatic carbocycles. The van der Waals surface area contributed by atoms with Crippen molar-refractivity contribution < 1.29 is 14.7 Å². The Morgan fingerprint density at radius 2 is 1.89 bits per heavy atom. The predicted octanol–water partition coefficient (Wildman–Crippen LogP) is 1.88. The van der Waals surface area contributed by atoms with Gasteiger partial charge < -0.3 is 14.9 Å². The number of carboxylic acids is 1. The van der Waals surface area contributed by atoms with Crippen molar-refractivity contribution >= 4 is 12.0 Å². The number of amides is 2. The van der Waals surface area contributed by atoms with Crippen LogP contribution in [0, 0.1) is 17.3 Å². The van der Waals surface area contributed by atoms with Gasteiger partial charge in [-0.25, -0.2) is 4.79 Å². The van der Waals surface area contributed by atoms with Crippen LogP contribution in [0.2, 0.25) is 0 Å². The molecule has 108 valence electrons. The van der Waals surface area contributed by atoms with Gasteiger partial charge in [-0.3, -0.25) is 4.79 Å². The lowest BCUT2D eigenvalue weighted by Crippen LogP contribution is -2.49. The fourth-order valence-corrected chi connectivity index (χ4v) is 3.23. The molecule has 0 aromatic heterocycles. The van der Waals surface area contributed by atoms with Crippen molar-refractivity contribution in [3.63, 3.8) is 0 Å². The van der Waals surface area contributed by atoms with Crippen LogP contribution in [-0.4, -0.2) is 53.1 Å². The zero-order valence-electron chi connectivity index (χ0n) is 12.1. The molecule has 2 amide bonds. The number of hydrogen-bond acceptors (Lipinski definition) is 2. The molecule has 2 aliphatic rings. The average molecular weight is 268 g/mol. The van der Waals surface area contributed by atoms with Crippen LogP contribution in [0.3, 0.4) is 0 Å². The first-order valence-corrected chi connectivity index (χ1v) is 7.07. The van der Waals surface area contributed by atoms with Crippen LogP contribution in [0.15, 0.2) is 0 Å². The van der Waals surface area contributed by atoms with Gasteiger partial charge in [0.15, 0.2) is 0 Å². The summed E-state index contributed by atoms with van der Waals surface area (Å²) in [5.74, 6) is -1.16. The van der Waals surface area contributed by atoms with Gasteiger partial charge in [-0.2, -0.15) is 0 Å². The van der Waals surface area contributed by atoms with Crippen molar-refractivity contribution in [2.75, 3.05) is 26.2 Å². The summed E-state index contributed by atoms with van der Waals surface area (Å²) in [7, 11) is 0. The van der Waals surface area contributed by atoms with E-state index in [1.807, 2.05) is 11.8 Å². The molecule has 0 saturated carbocycles. The Morgan fingerprint density at radius 1 is 1.21 bits per heavy atom. The van der Waals surface area contributed by atoms with Gasteiger partial charge in [0.2, 0.25) is 0 Å². The number of hydrogen-bond donors (Lipinski definition) is 1. The lowest BCUT2D eigenvalue weighted by atomic mass is 9.84. The van der Waals surface area contributed by atoms with Crippen LogP contribution >= 0.6 is 0 Å². The molecular formula is C14H24N2O3. The highest BCUT2D eigenvalue weighted by atomic mass is 16.4. The van der Waals surface area contributed by atoms with Gasteiger partial charge in [0.1, 0.15) is 0 Å². The number of urea groups is 1. The van der Waals surface area contributed by atoms with E-state index >= 15 is 0 Å². The maximum absolute atomic E-state index is 12.5. The molecule has 2 heterocycles. The van der Waals surface area contributed by atoms with Crippen LogP contribution in [0.4, 0.5) is 4.79 Å². The zero-order valence-corrected chi connectivity index (χ0v) is 12.1. The van der Waals surface area contributed by atoms with Crippen LogP contribution in [0.25, 0.3) is 0 Å². The monoisotopic (exact) mass is 268 g/mol. The molecule has 19 heavy (non-hydrogen) atoms. The van der Waals surface area contributed by atoms with Gasteiger partial charge in [0.05, 0.1) is 5.92 Å². The Hall–Kier alpha value is -1.26. The van der Waals surface area contributed by atoms with Gasteiger partial charge in [-0.15, -0.1) is 0 Å². The van der Waals surface area contributed by atoms with Crippen molar-refractivity contribution in [3.05, 3.63) is 0 Å². The van der Waals surface area contributed by atoms with Gasteiger partial charge in [0.25, 0.3) is 0 Å². The minimum absolute atomic E-state index is 0.0170. The maximum Gasteiger partial charge on any atom is 0.320 e. The number of carboxylic acid groups (broad SMARTS) is 1. The molecule has 2 aliphatic heterocycles. The summed E-state index contributed by atoms with van der Waals surface area (Å²) in [6.07, 6.45) is 2.18.